The van der Waals surface area contributed by atoms with Crippen LogP contribution in [0.1, 0.15) is 58.3 Å². The molecule has 0 aromatic rings. The van der Waals surface area contributed by atoms with Crippen molar-refractivity contribution in [3.63, 3.8) is 0 Å². The summed E-state index contributed by atoms with van der Waals surface area (Å²) in [5.41, 5.74) is 0. The number of carbonyl (C=O) groups excluding carboxylic acids is 1. The van der Waals surface area contributed by atoms with E-state index in [2.05, 4.69) is 31.2 Å². The second kappa shape index (κ2) is 11.0. The second-order valence-electron chi connectivity index (χ2n) is 6.99. The van der Waals surface area contributed by atoms with E-state index in [1.54, 1.807) is 0 Å². The first-order valence-electron chi connectivity index (χ1n) is 9.03. The van der Waals surface area contributed by atoms with Gasteiger partial charge in [-0.2, -0.15) is 0 Å². The van der Waals surface area contributed by atoms with Gasteiger partial charge in [0.25, 0.3) is 0 Å². The van der Waals surface area contributed by atoms with Gasteiger partial charge in [-0.3, -0.25) is 4.79 Å². The van der Waals surface area contributed by atoms with Crippen molar-refractivity contribution >= 4 is 5.97 Å². The van der Waals surface area contributed by atoms with Crippen molar-refractivity contribution in [3.05, 3.63) is 0 Å². The highest BCUT2D eigenvalue weighted by atomic mass is 16.5. The largest absolute Gasteiger partial charge is 0.469 e. The molecule has 0 aromatic carbocycles. The standard InChI is InChI=1S/C18H36N2O2/c1-5-6-7-9-16-15(14-18(21)22-4)10-11-17(16)19-12-8-13-20(2)3/h15-17,19H,5-14H2,1-4H3/t15-,16-,17-/m1/s1. The Hall–Kier alpha value is -0.610. The predicted molar refractivity (Wildman–Crippen MR) is 92.0 cm³/mol. The van der Waals surface area contributed by atoms with Crippen LogP contribution in [0.3, 0.4) is 0 Å². The maximum atomic E-state index is 11.6. The molecule has 1 N–H and O–H groups in total. The summed E-state index contributed by atoms with van der Waals surface area (Å²) in [5, 5.41) is 3.76. The zero-order valence-corrected chi connectivity index (χ0v) is 15.1. The maximum absolute atomic E-state index is 11.6. The van der Waals surface area contributed by atoms with E-state index in [1.165, 1.54) is 45.6 Å². The zero-order chi connectivity index (χ0) is 16.4. The van der Waals surface area contributed by atoms with Gasteiger partial charge in [-0.05, 0) is 64.7 Å². The van der Waals surface area contributed by atoms with Gasteiger partial charge in [0, 0.05) is 12.5 Å². The van der Waals surface area contributed by atoms with E-state index >= 15 is 0 Å². The van der Waals surface area contributed by atoms with Gasteiger partial charge in [0.1, 0.15) is 0 Å². The van der Waals surface area contributed by atoms with Crippen LogP contribution in [0.15, 0.2) is 0 Å². The molecule has 4 nitrogen and oxygen atoms in total. The third-order valence-electron chi connectivity index (χ3n) is 4.96. The van der Waals surface area contributed by atoms with Gasteiger partial charge in [0.2, 0.25) is 0 Å². The summed E-state index contributed by atoms with van der Waals surface area (Å²) in [6.07, 6.45) is 9.26. The second-order valence-corrected chi connectivity index (χ2v) is 6.99. The van der Waals surface area contributed by atoms with Gasteiger partial charge in [-0.1, -0.05) is 26.2 Å². The average molecular weight is 312 g/mol. The molecule has 1 aliphatic rings. The van der Waals surface area contributed by atoms with Crippen LogP contribution in [-0.4, -0.2) is 51.2 Å². The van der Waals surface area contributed by atoms with Crippen LogP contribution >= 0.6 is 0 Å². The van der Waals surface area contributed by atoms with Crippen molar-refractivity contribution in [2.45, 2.75) is 64.3 Å². The number of rotatable bonds is 11. The quantitative estimate of drug-likeness (QED) is 0.470. The molecule has 0 radical (unpaired) electrons. The number of ether oxygens (including phenoxy) is 1. The molecule has 3 atom stereocenters. The minimum absolute atomic E-state index is 0.0428. The van der Waals surface area contributed by atoms with Crippen molar-refractivity contribution in [2.75, 3.05) is 34.3 Å². The number of unbranched alkanes of at least 4 members (excludes halogenated alkanes) is 2. The van der Waals surface area contributed by atoms with E-state index in [0.717, 1.165) is 19.5 Å². The molecule has 0 amide bonds. The first-order valence-corrected chi connectivity index (χ1v) is 9.03. The van der Waals surface area contributed by atoms with Crippen molar-refractivity contribution in [1.82, 2.24) is 10.2 Å². The van der Waals surface area contributed by atoms with Crippen LogP contribution in [0.5, 0.6) is 0 Å². The highest BCUT2D eigenvalue weighted by molar-refractivity contribution is 5.69. The maximum Gasteiger partial charge on any atom is 0.305 e. The fourth-order valence-electron chi connectivity index (χ4n) is 3.70. The van der Waals surface area contributed by atoms with Gasteiger partial charge in [0.05, 0.1) is 7.11 Å². The highest BCUT2D eigenvalue weighted by Crippen LogP contribution is 2.38. The smallest absolute Gasteiger partial charge is 0.305 e. The lowest BCUT2D eigenvalue weighted by Gasteiger charge is -2.26. The third-order valence-corrected chi connectivity index (χ3v) is 4.96. The summed E-state index contributed by atoms with van der Waals surface area (Å²) in [7, 11) is 5.74. The number of esters is 1. The van der Waals surface area contributed by atoms with Gasteiger partial charge < -0.3 is 15.0 Å². The van der Waals surface area contributed by atoms with E-state index in [9.17, 15) is 4.79 Å². The summed E-state index contributed by atoms with van der Waals surface area (Å²) < 4.78 is 4.88. The van der Waals surface area contributed by atoms with Crippen LogP contribution in [0.25, 0.3) is 0 Å². The Balaban J connectivity index is 2.44. The fourth-order valence-corrected chi connectivity index (χ4v) is 3.70. The lowest BCUT2D eigenvalue weighted by Crippen LogP contribution is -2.36. The molecule has 0 aliphatic heterocycles. The number of nitrogens with one attached hydrogen (secondary N) is 1. The van der Waals surface area contributed by atoms with Gasteiger partial charge in [-0.25, -0.2) is 0 Å². The van der Waals surface area contributed by atoms with Crippen molar-refractivity contribution in [3.8, 4) is 0 Å². The Kier molecular flexibility index (Phi) is 9.73. The number of nitrogens with zero attached hydrogens (tertiary/aromatic N) is 1. The lowest BCUT2D eigenvalue weighted by molar-refractivity contribution is -0.142. The van der Waals surface area contributed by atoms with E-state index in [-0.39, 0.29) is 5.97 Å². The fraction of sp³-hybridized carbons (Fsp3) is 0.944. The van der Waals surface area contributed by atoms with Crippen LogP contribution in [0.4, 0.5) is 0 Å². The normalized spacial score (nSPS) is 24.9. The Morgan fingerprint density at radius 1 is 1.23 bits per heavy atom. The van der Waals surface area contributed by atoms with E-state index < -0.39 is 0 Å². The van der Waals surface area contributed by atoms with Gasteiger partial charge in [0.15, 0.2) is 0 Å². The molecule has 0 saturated heterocycles. The minimum atomic E-state index is -0.0428. The first kappa shape index (κ1) is 19.4. The minimum Gasteiger partial charge on any atom is -0.469 e. The Labute approximate surface area is 137 Å². The van der Waals surface area contributed by atoms with Crippen LogP contribution in [-0.2, 0) is 9.53 Å². The molecular weight excluding hydrogens is 276 g/mol. The molecule has 0 aromatic heterocycles. The molecule has 0 bridgehead atoms. The molecule has 1 aliphatic carbocycles. The Morgan fingerprint density at radius 2 is 2.00 bits per heavy atom. The average Bonchev–Trinajstić information content (AvgIpc) is 2.86. The molecule has 0 spiro atoms. The summed E-state index contributed by atoms with van der Waals surface area (Å²) in [4.78, 5) is 13.9. The molecule has 22 heavy (non-hydrogen) atoms. The summed E-state index contributed by atoms with van der Waals surface area (Å²) in [5.74, 6) is 1.11. The number of hydrogen-bond acceptors (Lipinski definition) is 4. The monoisotopic (exact) mass is 312 g/mol. The van der Waals surface area contributed by atoms with Gasteiger partial charge >= 0.3 is 5.97 Å². The van der Waals surface area contributed by atoms with Crippen molar-refractivity contribution in [1.29, 1.82) is 0 Å². The molecule has 130 valence electrons. The van der Waals surface area contributed by atoms with E-state index in [0.29, 0.717) is 24.3 Å². The first-order chi connectivity index (χ1) is 10.6. The molecule has 1 rings (SSSR count). The highest BCUT2D eigenvalue weighted by Gasteiger charge is 2.36. The molecule has 0 unspecified atom stereocenters. The lowest BCUT2D eigenvalue weighted by atomic mass is 9.86. The molecule has 1 saturated carbocycles. The topological polar surface area (TPSA) is 41.6 Å². The van der Waals surface area contributed by atoms with Crippen LogP contribution in [0.2, 0.25) is 0 Å². The van der Waals surface area contributed by atoms with E-state index in [4.69, 9.17) is 4.74 Å². The number of carbonyl (C=O) groups is 1. The number of hydrogen-bond donors (Lipinski definition) is 1. The van der Waals surface area contributed by atoms with Crippen molar-refractivity contribution in [2.24, 2.45) is 11.8 Å². The SMILES string of the molecule is CCCCC[C@@H]1[C@@H](CC(=O)OC)CC[C@H]1NCCCN(C)C. The molecule has 0 heterocycles. The van der Waals surface area contributed by atoms with Crippen LogP contribution < -0.4 is 5.32 Å². The zero-order valence-electron chi connectivity index (χ0n) is 15.1. The number of methoxy groups -OCH3 is 1. The Bertz CT molecular complexity index is 307. The predicted octanol–water partition coefficient (Wildman–Crippen LogP) is 3.07. The van der Waals surface area contributed by atoms with Crippen LogP contribution in [0, 0.1) is 11.8 Å². The molecular formula is C18H36N2O2. The Morgan fingerprint density at radius 3 is 2.64 bits per heavy atom. The van der Waals surface area contributed by atoms with Gasteiger partial charge in [-0.15, -0.1) is 0 Å². The molecule has 1 fully saturated rings. The molecule has 4 heteroatoms. The summed E-state index contributed by atoms with van der Waals surface area (Å²) in [6, 6.07) is 0.591. The van der Waals surface area contributed by atoms with E-state index in [1.807, 2.05) is 0 Å². The van der Waals surface area contributed by atoms with Crippen molar-refractivity contribution < 1.29 is 9.53 Å². The summed E-state index contributed by atoms with van der Waals surface area (Å²) in [6.45, 7) is 4.46. The third kappa shape index (κ3) is 7.10. The summed E-state index contributed by atoms with van der Waals surface area (Å²) >= 11 is 0.